The molecule has 1 fully saturated rings. The number of guanidine groups is 1. The third kappa shape index (κ3) is 9.21. The lowest BCUT2D eigenvalue weighted by Crippen LogP contribution is -2.41. The molecule has 2 aromatic rings. The zero-order valence-electron chi connectivity index (χ0n) is 19.5. The van der Waals surface area contributed by atoms with Crippen LogP contribution in [0, 0.1) is 5.92 Å². The number of likely N-dealkylation sites (tertiary alicyclic amines) is 1. The summed E-state index contributed by atoms with van der Waals surface area (Å²) >= 11 is 0. The molecule has 0 saturated carbocycles. The van der Waals surface area contributed by atoms with Gasteiger partial charge in [-0.1, -0.05) is 42.5 Å². The second-order valence-corrected chi connectivity index (χ2v) is 7.90. The zero-order valence-corrected chi connectivity index (χ0v) is 21.8. The Balaban J connectivity index is 0.00000385. The number of halogens is 1. The molecule has 3 rings (SSSR count). The van der Waals surface area contributed by atoms with E-state index >= 15 is 0 Å². The number of benzene rings is 2. The van der Waals surface area contributed by atoms with Gasteiger partial charge in [0, 0.05) is 32.1 Å². The molecule has 1 aliphatic rings. The molecule has 0 bridgehead atoms. The van der Waals surface area contributed by atoms with Crippen LogP contribution in [-0.4, -0.2) is 56.7 Å². The highest BCUT2D eigenvalue weighted by Crippen LogP contribution is 2.17. The third-order valence-electron chi connectivity index (χ3n) is 5.41. The van der Waals surface area contributed by atoms with Gasteiger partial charge in [0.1, 0.15) is 12.3 Å². The van der Waals surface area contributed by atoms with Crippen molar-refractivity contribution < 1.29 is 14.3 Å². The van der Waals surface area contributed by atoms with Gasteiger partial charge in [0.15, 0.2) is 5.96 Å². The second-order valence-electron chi connectivity index (χ2n) is 7.90. The van der Waals surface area contributed by atoms with Gasteiger partial charge in [-0.25, -0.2) is 4.99 Å². The Morgan fingerprint density at radius 1 is 1.09 bits per heavy atom. The van der Waals surface area contributed by atoms with Crippen LogP contribution in [0.5, 0.6) is 5.75 Å². The first-order chi connectivity index (χ1) is 15.7. The smallest absolute Gasteiger partial charge is 0.242 e. The van der Waals surface area contributed by atoms with Crippen molar-refractivity contribution in [1.82, 2.24) is 15.5 Å². The minimum absolute atomic E-state index is 0. The van der Waals surface area contributed by atoms with Crippen molar-refractivity contribution in [1.29, 1.82) is 0 Å². The van der Waals surface area contributed by atoms with E-state index in [0.29, 0.717) is 19.1 Å². The van der Waals surface area contributed by atoms with Gasteiger partial charge in [-0.15, -0.1) is 24.0 Å². The quantitative estimate of drug-likeness (QED) is 0.262. The number of carbonyl (C=O) groups is 1. The highest BCUT2D eigenvalue weighted by molar-refractivity contribution is 14.0. The molecule has 7 nitrogen and oxygen atoms in total. The molecule has 0 spiro atoms. The van der Waals surface area contributed by atoms with E-state index < -0.39 is 0 Å². The summed E-state index contributed by atoms with van der Waals surface area (Å²) in [4.78, 5) is 19.1. The first kappa shape index (κ1) is 26.9. The summed E-state index contributed by atoms with van der Waals surface area (Å²) in [5, 5.41) is 6.23. The number of nitrogens with zero attached hydrogens (tertiary/aromatic N) is 2. The second kappa shape index (κ2) is 14.7. The molecule has 1 amide bonds. The lowest BCUT2D eigenvalue weighted by Gasteiger charge is -2.21. The fourth-order valence-corrected chi connectivity index (χ4v) is 3.65. The lowest BCUT2D eigenvalue weighted by molar-refractivity contribution is -0.119. The molecule has 2 N–H and O–H groups in total. The van der Waals surface area contributed by atoms with Crippen LogP contribution in [0.4, 0.5) is 0 Å². The minimum Gasteiger partial charge on any atom is -0.497 e. The fourth-order valence-electron chi connectivity index (χ4n) is 3.65. The Hall–Kier alpha value is -2.33. The monoisotopic (exact) mass is 566 g/mol. The van der Waals surface area contributed by atoms with Crippen LogP contribution < -0.4 is 15.4 Å². The third-order valence-corrected chi connectivity index (χ3v) is 5.41. The van der Waals surface area contributed by atoms with Crippen LogP contribution in [0.15, 0.2) is 59.6 Å². The number of aliphatic imine (C=N–C) groups is 1. The van der Waals surface area contributed by atoms with Gasteiger partial charge < -0.3 is 25.0 Å². The predicted octanol–water partition coefficient (Wildman–Crippen LogP) is 3.43. The summed E-state index contributed by atoms with van der Waals surface area (Å²) in [6.45, 7) is 6.54. The Bertz CT molecular complexity index is 862. The molecule has 1 atom stereocenters. The van der Waals surface area contributed by atoms with Crippen LogP contribution >= 0.6 is 24.0 Å². The van der Waals surface area contributed by atoms with Gasteiger partial charge >= 0.3 is 0 Å². The number of hydrogen-bond acceptors (Lipinski definition) is 4. The van der Waals surface area contributed by atoms with Crippen LogP contribution in [0.2, 0.25) is 0 Å². The maximum atomic E-state index is 12.3. The predicted molar refractivity (Wildman–Crippen MR) is 142 cm³/mol. The zero-order chi connectivity index (χ0) is 22.6. The largest absolute Gasteiger partial charge is 0.497 e. The number of ether oxygens (including phenoxy) is 2. The molecule has 0 aromatic heterocycles. The number of rotatable bonds is 10. The SMILES string of the molecule is CCNC(=NCC(=O)NCc1ccc(OC)cc1)N1CCC(COCc2ccccc2)C1.I. The molecule has 0 aliphatic carbocycles. The number of methoxy groups -OCH3 is 1. The van der Waals surface area contributed by atoms with E-state index in [0.717, 1.165) is 49.9 Å². The molecule has 33 heavy (non-hydrogen) atoms. The molecule has 1 saturated heterocycles. The van der Waals surface area contributed by atoms with E-state index in [-0.39, 0.29) is 36.4 Å². The van der Waals surface area contributed by atoms with Crippen LogP contribution in [0.25, 0.3) is 0 Å². The summed E-state index contributed by atoms with van der Waals surface area (Å²) in [5.41, 5.74) is 2.21. The van der Waals surface area contributed by atoms with Crippen LogP contribution in [0.1, 0.15) is 24.5 Å². The Morgan fingerprint density at radius 3 is 2.55 bits per heavy atom. The highest BCUT2D eigenvalue weighted by Gasteiger charge is 2.25. The van der Waals surface area contributed by atoms with Crippen LogP contribution in [-0.2, 0) is 22.7 Å². The van der Waals surface area contributed by atoms with Gasteiger partial charge in [-0.05, 0) is 36.6 Å². The molecule has 1 unspecified atom stereocenters. The van der Waals surface area contributed by atoms with Crippen molar-refractivity contribution in [2.24, 2.45) is 10.9 Å². The van der Waals surface area contributed by atoms with Crippen molar-refractivity contribution in [3.05, 3.63) is 65.7 Å². The van der Waals surface area contributed by atoms with E-state index in [1.165, 1.54) is 5.56 Å². The van der Waals surface area contributed by atoms with Gasteiger partial charge in [0.05, 0.1) is 20.3 Å². The molecular weight excluding hydrogens is 531 g/mol. The van der Waals surface area contributed by atoms with Gasteiger partial charge in [0.25, 0.3) is 0 Å². The van der Waals surface area contributed by atoms with E-state index in [4.69, 9.17) is 9.47 Å². The normalized spacial score (nSPS) is 15.6. The lowest BCUT2D eigenvalue weighted by atomic mass is 10.1. The van der Waals surface area contributed by atoms with Crippen molar-refractivity contribution in [2.45, 2.75) is 26.5 Å². The topological polar surface area (TPSA) is 75.2 Å². The average Bonchev–Trinajstić information content (AvgIpc) is 3.30. The summed E-state index contributed by atoms with van der Waals surface area (Å²) in [6.07, 6.45) is 1.06. The minimum atomic E-state index is -0.0989. The van der Waals surface area contributed by atoms with Crippen molar-refractivity contribution in [3.8, 4) is 5.75 Å². The Morgan fingerprint density at radius 2 is 1.85 bits per heavy atom. The standard InChI is InChI=1S/C25H34N4O3.HI/c1-3-26-25(28-16-24(30)27-15-20-9-11-23(31-2)12-10-20)29-14-13-22(17-29)19-32-18-21-7-5-4-6-8-21;/h4-12,22H,3,13-19H2,1-2H3,(H,26,28)(H,27,30);1H. The molecule has 2 aromatic carbocycles. The van der Waals surface area contributed by atoms with Gasteiger partial charge in [-0.3, -0.25) is 4.79 Å². The summed E-state index contributed by atoms with van der Waals surface area (Å²) in [5.74, 6) is 1.96. The Labute approximate surface area is 214 Å². The number of carbonyl (C=O) groups excluding carboxylic acids is 1. The van der Waals surface area contributed by atoms with E-state index in [9.17, 15) is 4.79 Å². The summed E-state index contributed by atoms with van der Waals surface area (Å²) in [6, 6.07) is 17.9. The van der Waals surface area contributed by atoms with Crippen molar-refractivity contribution in [2.75, 3.05) is 39.9 Å². The summed E-state index contributed by atoms with van der Waals surface area (Å²) < 4.78 is 11.1. The first-order valence-corrected chi connectivity index (χ1v) is 11.2. The maximum absolute atomic E-state index is 12.3. The van der Waals surface area contributed by atoms with E-state index in [1.54, 1.807) is 7.11 Å². The van der Waals surface area contributed by atoms with Gasteiger partial charge in [0.2, 0.25) is 5.91 Å². The van der Waals surface area contributed by atoms with Crippen LogP contribution in [0.3, 0.4) is 0 Å². The summed E-state index contributed by atoms with van der Waals surface area (Å²) in [7, 11) is 1.64. The highest BCUT2D eigenvalue weighted by atomic mass is 127. The number of nitrogens with one attached hydrogen (secondary N) is 2. The maximum Gasteiger partial charge on any atom is 0.242 e. The molecule has 1 aliphatic heterocycles. The first-order valence-electron chi connectivity index (χ1n) is 11.2. The average molecular weight is 566 g/mol. The number of amides is 1. The van der Waals surface area contributed by atoms with Crippen molar-refractivity contribution >= 4 is 35.8 Å². The number of hydrogen-bond donors (Lipinski definition) is 2. The Kier molecular flexibility index (Phi) is 12.0. The fraction of sp³-hybridized carbons (Fsp3) is 0.440. The van der Waals surface area contributed by atoms with Crippen molar-refractivity contribution in [3.63, 3.8) is 0 Å². The molecular formula is C25H35IN4O3. The molecule has 0 radical (unpaired) electrons. The molecule has 1 heterocycles. The van der Waals surface area contributed by atoms with Gasteiger partial charge in [-0.2, -0.15) is 0 Å². The van der Waals surface area contributed by atoms with E-state index in [1.807, 2.05) is 49.4 Å². The van der Waals surface area contributed by atoms with E-state index in [2.05, 4.69) is 32.7 Å². The molecule has 8 heteroatoms. The molecule has 180 valence electrons.